The minimum Gasteiger partial charge on any atom is -0.497 e. The number of hydrogen-bond acceptors (Lipinski definition) is 6. The molecule has 0 saturated heterocycles. The molecule has 3 aromatic rings. The lowest BCUT2D eigenvalue weighted by Crippen LogP contribution is -2.04. The number of esters is 1. The lowest BCUT2D eigenvalue weighted by molar-refractivity contribution is -0.137. The van der Waals surface area contributed by atoms with Crippen molar-refractivity contribution in [1.29, 1.82) is 0 Å². The fourth-order valence-corrected chi connectivity index (χ4v) is 3.07. The molecule has 1 aromatic carbocycles. The largest absolute Gasteiger partial charge is 0.497 e. The Morgan fingerprint density at radius 1 is 1.27 bits per heavy atom. The number of carbonyl (C=O) groups is 1. The summed E-state index contributed by atoms with van der Waals surface area (Å²) in [6.45, 7) is 1.98. The number of pyridine rings is 1. The third-order valence-electron chi connectivity index (χ3n) is 3.38. The first-order valence-corrected chi connectivity index (χ1v) is 7.64. The van der Waals surface area contributed by atoms with Crippen molar-refractivity contribution in [1.82, 2.24) is 14.6 Å². The molecule has 0 amide bonds. The van der Waals surface area contributed by atoms with Gasteiger partial charge in [0, 0.05) is 5.39 Å². The Balaban J connectivity index is 2.16. The zero-order chi connectivity index (χ0) is 15.7. The third-order valence-corrected chi connectivity index (χ3v) is 4.28. The van der Waals surface area contributed by atoms with Crippen LogP contribution in [0.15, 0.2) is 29.4 Å². The van der Waals surface area contributed by atoms with Crippen molar-refractivity contribution in [2.75, 3.05) is 20.0 Å². The number of methoxy groups -OCH3 is 2. The lowest BCUT2D eigenvalue weighted by Gasteiger charge is -2.08. The van der Waals surface area contributed by atoms with Gasteiger partial charge in [-0.3, -0.25) is 9.20 Å². The fraction of sp³-hybridized carbons (Fsp3) is 0.267. The zero-order valence-corrected chi connectivity index (χ0v) is 13.3. The summed E-state index contributed by atoms with van der Waals surface area (Å²) in [7, 11) is 3.01. The summed E-state index contributed by atoms with van der Waals surface area (Å²) in [6.07, 6.45) is 0. The Labute approximate surface area is 131 Å². The second-order valence-corrected chi connectivity index (χ2v) is 5.70. The number of rotatable bonds is 4. The summed E-state index contributed by atoms with van der Waals surface area (Å²) in [6, 6.07) is 7.88. The van der Waals surface area contributed by atoms with Gasteiger partial charge in [-0.1, -0.05) is 11.8 Å². The quantitative estimate of drug-likeness (QED) is 0.544. The van der Waals surface area contributed by atoms with Gasteiger partial charge in [-0.25, -0.2) is 0 Å². The van der Waals surface area contributed by atoms with Crippen LogP contribution in [0.5, 0.6) is 5.75 Å². The summed E-state index contributed by atoms with van der Waals surface area (Å²) in [4.78, 5) is 11.3. The summed E-state index contributed by atoms with van der Waals surface area (Å²) >= 11 is 1.31. The maximum Gasteiger partial charge on any atom is 0.316 e. The van der Waals surface area contributed by atoms with Gasteiger partial charge in [0.15, 0.2) is 10.8 Å². The molecule has 114 valence electrons. The molecule has 0 aliphatic carbocycles. The highest BCUT2D eigenvalue weighted by Gasteiger charge is 2.14. The number of hydrogen-bond donors (Lipinski definition) is 0. The lowest BCUT2D eigenvalue weighted by atomic mass is 10.1. The standard InChI is InChI=1S/C15H15N3O3S/c1-9-6-10-7-11(20-2)4-5-12(10)18-14(9)16-17-15(18)22-8-13(19)21-3/h4-7H,8H2,1-3H3. The van der Waals surface area contributed by atoms with Gasteiger partial charge in [-0.2, -0.15) is 0 Å². The number of fused-ring (bicyclic) bond motifs is 3. The number of benzene rings is 1. The van der Waals surface area contributed by atoms with Crippen LogP contribution in [0.3, 0.4) is 0 Å². The summed E-state index contributed by atoms with van der Waals surface area (Å²) < 4.78 is 11.9. The van der Waals surface area contributed by atoms with Crippen LogP contribution in [0.25, 0.3) is 16.6 Å². The summed E-state index contributed by atoms with van der Waals surface area (Å²) in [5.41, 5.74) is 2.77. The van der Waals surface area contributed by atoms with E-state index in [1.807, 2.05) is 29.5 Å². The third kappa shape index (κ3) is 2.48. The monoisotopic (exact) mass is 317 g/mol. The van der Waals surface area contributed by atoms with E-state index in [4.69, 9.17) is 4.74 Å². The molecule has 0 fully saturated rings. The molecular formula is C15H15N3O3S. The van der Waals surface area contributed by atoms with Gasteiger partial charge in [0.25, 0.3) is 0 Å². The second kappa shape index (κ2) is 5.84. The molecule has 0 N–H and O–H groups in total. The van der Waals surface area contributed by atoms with Gasteiger partial charge in [0.2, 0.25) is 0 Å². The minimum absolute atomic E-state index is 0.197. The van der Waals surface area contributed by atoms with E-state index in [0.717, 1.165) is 27.9 Å². The van der Waals surface area contributed by atoms with Gasteiger partial charge in [-0.15, -0.1) is 10.2 Å². The normalized spacial score (nSPS) is 11.0. The molecule has 0 unspecified atom stereocenters. The van der Waals surface area contributed by atoms with Crippen LogP contribution in [0, 0.1) is 6.92 Å². The molecule has 0 atom stereocenters. The molecule has 2 heterocycles. The van der Waals surface area contributed by atoms with Crippen LogP contribution in [-0.4, -0.2) is 40.5 Å². The van der Waals surface area contributed by atoms with Crippen LogP contribution >= 0.6 is 11.8 Å². The van der Waals surface area contributed by atoms with E-state index in [9.17, 15) is 4.79 Å². The molecule has 0 aliphatic rings. The highest BCUT2D eigenvalue weighted by atomic mass is 32.2. The van der Waals surface area contributed by atoms with E-state index in [1.54, 1.807) is 7.11 Å². The van der Waals surface area contributed by atoms with E-state index in [0.29, 0.717) is 5.16 Å². The number of aryl methyl sites for hydroxylation is 1. The van der Waals surface area contributed by atoms with Crippen molar-refractivity contribution < 1.29 is 14.3 Å². The molecular weight excluding hydrogens is 302 g/mol. The van der Waals surface area contributed by atoms with Gasteiger partial charge in [-0.05, 0) is 36.8 Å². The van der Waals surface area contributed by atoms with Crippen molar-refractivity contribution in [2.24, 2.45) is 0 Å². The topological polar surface area (TPSA) is 65.7 Å². The van der Waals surface area contributed by atoms with Crippen LogP contribution in [0.1, 0.15) is 5.56 Å². The number of nitrogens with zero attached hydrogens (tertiary/aromatic N) is 3. The summed E-state index contributed by atoms with van der Waals surface area (Å²) in [5, 5.41) is 10.1. The molecule has 0 radical (unpaired) electrons. The second-order valence-electron chi connectivity index (χ2n) is 4.76. The van der Waals surface area contributed by atoms with Crippen LogP contribution in [0.2, 0.25) is 0 Å². The molecule has 0 spiro atoms. The SMILES string of the molecule is COC(=O)CSc1nnc2c(C)cc3cc(OC)ccc3n12. The first-order chi connectivity index (χ1) is 10.6. The highest BCUT2D eigenvalue weighted by molar-refractivity contribution is 7.99. The first-order valence-electron chi connectivity index (χ1n) is 6.66. The molecule has 0 aliphatic heterocycles. The van der Waals surface area contributed by atoms with E-state index in [-0.39, 0.29) is 11.7 Å². The number of aromatic nitrogens is 3. The Morgan fingerprint density at radius 2 is 2.09 bits per heavy atom. The van der Waals surface area contributed by atoms with E-state index in [1.165, 1.54) is 18.9 Å². The Morgan fingerprint density at radius 3 is 2.82 bits per heavy atom. The average Bonchev–Trinajstić information content (AvgIpc) is 2.97. The van der Waals surface area contributed by atoms with E-state index in [2.05, 4.69) is 21.0 Å². The van der Waals surface area contributed by atoms with Crippen molar-refractivity contribution in [3.05, 3.63) is 29.8 Å². The van der Waals surface area contributed by atoms with Gasteiger partial charge >= 0.3 is 5.97 Å². The molecule has 2 aromatic heterocycles. The average molecular weight is 317 g/mol. The fourth-order valence-electron chi connectivity index (χ4n) is 2.29. The zero-order valence-electron chi connectivity index (χ0n) is 12.5. The molecule has 6 nitrogen and oxygen atoms in total. The predicted octanol–water partition coefficient (Wildman–Crippen LogP) is 2.46. The maximum absolute atomic E-state index is 11.3. The Bertz CT molecular complexity index is 860. The number of carbonyl (C=O) groups excluding carboxylic acids is 1. The predicted molar refractivity (Wildman–Crippen MR) is 84.5 cm³/mol. The van der Waals surface area contributed by atoms with Crippen molar-refractivity contribution in [3.63, 3.8) is 0 Å². The Hall–Kier alpha value is -2.28. The molecule has 3 rings (SSSR count). The summed E-state index contributed by atoms with van der Waals surface area (Å²) in [5.74, 6) is 0.701. The Kier molecular flexibility index (Phi) is 3.89. The van der Waals surface area contributed by atoms with Gasteiger partial charge < -0.3 is 9.47 Å². The molecule has 0 bridgehead atoms. The minimum atomic E-state index is -0.291. The number of ether oxygens (including phenoxy) is 2. The van der Waals surface area contributed by atoms with Crippen molar-refractivity contribution >= 4 is 34.3 Å². The molecule has 7 heteroatoms. The van der Waals surface area contributed by atoms with Crippen molar-refractivity contribution in [2.45, 2.75) is 12.1 Å². The van der Waals surface area contributed by atoms with E-state index >= 15 is 0 Å². The van der Waals surface area contributed by atoms with Gasteiger partial charge in [0.05, 0.1) is 25.5 Å². The van der Waals surface area contributed by atoms with Gasteiger partial charge in [0.1, 0.15) is 5.75 Å². The van der Waals surface area contributed by atoms with Crippen molar-refractivity contribution in [3.8, 4) is 5.75 Å². The van der Waals surface area contributed by atoms with E-state index < -0.39 is 0 Å². The smallest absolute Gasteiger partial charge is 0.316 e. The molecule has 22 heavy (non-hydrogen) atoms. The van der Waals surface area contributed by atoms with Crippen LogP contribution < -0.4 is 4.74 Å². The number of thioether (sulfide) groups is 1. The first kappa shape index (κ1) is 14.6. The highest BCUT2D eigenvalue weighted by Crippen LogP contribution is 2.28. The maximum atomic E-state index is 11.3. The van der Waals surface area contributed by atoms with Crippen LogP contribution in [-0.2, 0) is 9.53 Å². The van der Waals surface area contributed by atoms with Crippen LogP contribution in [0.4, 0.5) is 0 Å². The molecule has 0 saturated carbocycles.